The van der Waals surface area contributed by atoms with Crippen LogP contribution in [-0.2, 0) is 75.8 Å². The lowest BCUT2D eigenvalue weighted by Gasteiger charge is -2.47. The minimum atomic E-state index is -1.91. The van der Waals surface area contributed by atoms with E-state index < -0.39 is 259 Å². The van der Waals surface area contributed by atoms with Gasteiger partial charge in [0.15, 0.2) is 50.1 Å². The van der Waals surface area contributed by atoms with E-state index >= 15 is 0 Å². The van der Waals surface area contributed by atoms with Crippen molar-refractivity contribution in [3.63, 3.8) is 0 Å². The summed E-state index contributed by atoms with van der Waals surface area (Å²) in [4.78, 5) is 13.6. The Balaban J connectivity index is 0.812. The van der Waals surface area contributed by atoms with E-state index in [9.17, 15) is 107 Å². The lowest BCUT2D eigenvalue weighted by molar-refractivity contribution is -0.375. The summed E-state index contributed by atoms with van der Waals surface area (Å²) in [5.74, 6) is -0.866. The standard InChI is InChI=1S/C82H134O36/c1-13-47-53(87)62(96)71(115-75-65(99)58(92)54(88)48(35-83)109-75)79(108-47)117-81(11,14-2)33-23-30-40(4)25-19-17-16-18-20-26-43(7)38-104-74-68(102)64(98)69(46(10)107-74)114-77-67(101)60(94)57(91)51(112-77)39-105-78-70(61(95)52(86)45(9)106-78)113-73(103)44(8)32-22-29-41(5)27-21-28-42(6)31-24-34-82(12,15-3)118-80-72(63(97)56(90)50(37-85)111-80)116-76-66(100)59(93)55(89)49(36-84)110-76/h14-17,26-27,30-32,45-72,74-80,83-102H,2-3,13,18-25,28-29,33-39H2,1,4-12H3/b17-16+,40-30+,41-27+,42-31+,43-26-,44-32+/t45?,46?,47?,48?,49?,50?,51?,52?,53?,54?,55?,56?,57?,58?,59?,60?,61?,62?,63?,64?,65?,66?,67?,68?,69?,70?,71?,72?,74?,75?,76?,77?,78?,79?,80?,81-,82-/m1/s1. The molecule has 7 aliphatic rings. The van der Waals surface area contributed by atoms with Gasteiger partial charge in [0, 0.05) is 5.57 Å². The maximum absolute atomic E-state index is 13.6. The summed E-state index contributed by atoms with van der Waals surface area (Å²) in [6.07, 6.45) is -29.8. The van der Waals surface area contributed by atoms with Gasteiger partial charge in [0.2, 0.25) is 0 Å². The van der Waals surface area contributed by atoms with E-state index in [2.05, 4.69) is 37.5 Å². The molecule has 37 atom stereocenters. The van der Waals surface area contributed by atoms with Gasteiger partial charge in [0.25, 0.3) is 0 Å². The van der Waals surface area contributed by atoms with E-state index in [1.54, 1.807) is 32.9 Å². The number of hydrogen-bond acceptors (Lipinski definition) is 36. The Bertz CT molecular complexity index is 3240. The van der Waals surface area contributed by atoms with Crippen LogP contribution in [0.2, 0.25) is 0 Å². The monoisotopic (exact) mass is 1690 g/mol. The molecule has 118 heavy (non-hydrogen) atoms. The van der Waals surface area contributed by atoms with Gasteiger partial charge in [-0.25, -0.2) is 4.79 Å². The first kappa shape index (κ1) is 101. The molecule has 0 aliphatic carbocycles. The van der Waals surface area contributed by atoms with Crippen LogP contribution >= 0.6 is 0 Å². The van der Waals surface area contributed by atoms with Crippen molar-refractivity contribution in [3.05, 3.63) is 95.7 Å². The Morgan fingerprint density at radius 2 is 0.737 bits per heavy atom. The van der Waals surface area contributed by atoms with Gasteiger partial charge in [0.1, 0.15) is 146 Å². The summed E-state index contributed by atoms with van der Waals surface area (Å²) in [5, 5.41) is 214. The summed E-state index contributed by atoms with van der Waals surface area (Å²) >= 11 is 0. The lowest BCUT2D eigenvalue weighted by atomic mass is 9.95. The maximum atomic E-state index is 13.6. The smallest absolute Gasteiger partial charge is 0.333 e. The third-order valence-corrected chi connectivity index (χ3v) is 22.8. The molecule has 36 heteroatoms. The fourth-order valence-electron chi connectivity index (χ4n) is 14.6. The highest BCUT2D eigenvalue weighted by Gasteiger charge is 2.56. The Labute approximate surface area is 688 Å². The van der Waals surface area contributed by atoms with Crippen LogP contribution in [0.25, 0.3) is 0 Å². The molecular weight excluding hydrogens is 1560 g/mol. The zero-order valence-electron chi connectivity index (χ0n) is 69.0. The molecule has 0 aromatic carbocycles. The van der Waals surface area contributed by atoms with Gasteiger partial charge in [-0.3, -0.25) is 0 Å². The van der Waals surface area contributed by atoms with Gasteiger partial charge in [-0.15, -0.1) is 13.2 Å². The molecule has 0 aromatic rings. The number of carbonyl (C=O) groups excluding carboxylic acids is 1. The molecule has 7 fully saturated rings. The SMILES string of the molecule is C=C[C@](C)(CC/C=C(\C)CC/C=C/CC/C=C(/C)COC1OC(C)C(OC2OC(COC3OC(C)C(O)C(O)C3OC(=O)/C(C)=C/CC/C(C)=C/CC/C(C)=C/CC[C@@](C)(C=C)OC3OC(CO)C(O)C(O)C3OC3OC(CO)C(O)C(O)C3O)C(O)C(O)C2O)C(O)C1O)OC1OC(CC)C(O)C(O)C1OC1OC(CO)C(O)C(O)C1O. The van der Waals surface area contributed by atoms with Gasteiger partial charge < -0.3 is 173 Å². The summed E-state index contributed by atoms with van der Waals surface area (Å²) in [7, 11) is 0. The number of aliphatic hydroxyl groups excluding tert-OH is 20. The van der Waals surface area contributed by atoms with E-state index in [1.807, 2.05) is 39.8 Å². The van der Waals surface area contributed by atoms with Crippen LogP contribution < -0.4 is 0 Å². The van der Waals surface area contributed by atoms with E-state index in [1.165, 1.54) is 26.8 Å². The second-order valence-corrected chi connectivity index (χ2v) is 32.3. The normalized spacial score (nSPS) is 41.3. The number of allylic oxidation sites excluding steroid dienone is 10. The first-order valence-electron chi connectivity index (χ1n) is 40.8. The van der Waals surface area contributed by atoms with Gasteiger partial charge >= 0.3 is 5.97 Å². The van der Waals surface area contributed by atoms with Crippen molar-refractivity contribution >= 4 is 5.97 Å². The topological polar surface area (TPSA) is 560 Å². The molecule has 0 aromatic heterocycles. The number of rotatable bonds is 42. The second kappa shape index (κ2) is 47.4. The van der Waals surface area contributed by atoms with Crippen LogP contribution in [0, 0.1) is 0 Å². The molecule has 678 valence electrons. The number of aliphatic hydroxyl groups is 20. The van der Waals surface area contributed by atoms with Crippen molar-refractivity contribution in [2.45, 2.75) is 379 Å². The predicted molar refractivity (Wildman–Crippen MR) is 415 cm³/mol. The molecule has 0 amide bonds. The third-order valence-electron chi connectivity index (χ3n) is 22.8. The summed E-state index contributed by atoms with van der Waals surface area (Å²) in [5.41, 5.74) is 1.97. The molecule has 7 heterocycles. The van der Waals surface area contributed by atoms with Crippen molar-refractivity contribution in [3.8, 4) is 0 Å². The Morgan fingerprint density at radius 3 is 1.22 bits per heavy atom. The minimum absolute atomic E-state index is 0.0294. The second-order valence-electron chi connectivity index (χ2n) is 32.3. The number of carbonyl (C=O) groups is 1. The first-order chi connectivity index (χ1) is 55.8. The average Bonchev–Trinajstić information content (AvgIpc) is 0.788. The van der Waals surface area contributed by atoms with Gasteiger partial charge in [-0.2, -0.15) is 0 Å². The van der Waals surface area contributed by atoms with E-state index in [0.29, 0.717) is 70.6 Å². The van der Waals surface area contributed by atoms with E-state index in [0.717, 1.165) is 35.1 Å². The minimum Gasteiger partial charge on any atom is -0.451 e. The van der Waals surface area contributed by atoms with Crippen molar-refractivity contribution < 1.29 is 178 Å². The highest BCUT2D eigenvalue weighted by atomic mass is 16.8. The summed E-state index contributed by atoms with van der Waals surface area (Å²) in [6.45, 7) is 22.6. The molecule has 0 spiro atoms. The first-order valence-corrected chi connectivity index (χ1v) is 40.8. The lowest BCUT2D eigenvalue weighted by Crippen LogP contribution is -2.65. The van der Waals surface area contributed by atoms with Crippen molar-refractivity contribution in [1.82, 2.24) is 0 Å². The van der Waals surface area contributed by atoms with Crippen LogP contribution in [0.5, 0.6) is 0 Å². The van der Waals surface area contributed by atoms with Crippen molar-refractivity contribution in [1.29, 1.82) is 0 Å². The predicted octanol–water partition coefficient (Wildman–Crippen LogP) is -1.39. The number of ether oxygens (including phenoxy) is 15. The zero-order valence-corrected chi connectivity index (χ0v) is 69.0. The molecule has 7 aliphatic heterocycles. The summed E-state index contributed by atoms with van der Waals surface area (Å²) < 4.78 is 88.5. The van der Waals surface area contributed by atoms with Crippen LogP contribution in [0.4, 0.5) is 0 Å². The zero-order chi connectivity index (χ0) is 87.4. The maximum Gasteiger partial charge on any atom is 0.333 e. The number of esters is 1. The average molecular weight is 1700 g/mol. The van der Waals surface area contributed by atoms with Crippen molar-refractivity contribution in [2.75, 3.05) is 33.0 Å². The van der Waals surface area contributed by atoms with Crippen LogP contribution in [-0.4, -0.2) is 367 Å². The van der Waals surface area contributed by atoms with Gasteiger partial charge in [-0.1, -0.05) is 83.9 Å². The molecule has 7 saturated heterocycles. The Hall–Kier alpha value is -3.97. The Morgan fingerprint density at radius 1 is 0.364 bits per heavy atom. The summed E-state index contributed by atoms with van der Waals surface area (Å²) in [6, 6.07) is 0. The fourth-order valence-corrected chi connectivity index (χ4v) is 14.6. The molecule has 0 radical (unpaired) electrons. The molecule has 35 unspecified atom stereocenters. The van der Waals surface area contributed by atoms with Crippen LogP contribution in [0.3, 0.4) is 0 Å². The van der Waals surface area contributed by atoms with Crippen LogP contribution in [0.1, 0.15) is 153 Å². The van der Waals surface area contributed by atoms with Gasteiger partial charge in [-0.05, 0) is 146 Å². The quantitative estimate of drug-likeness (QED) is 0.0145. The molecular formula is C82H134O36. The number of hydrogen-bond donors (Lipinski definition) is 20. The Kier molecular flexibility index (Phi) is 40.6. The fraction of sp³-hybridized carbons (Fsp3) is 0.793. The number of unbranched alkanes of at least 4 members (excludes halogenated alkanes) is 1. The highest BCUT2D eigenvalue weighted by Crippen LogP contribution is 2.39. The van der Waals surface area contributed by atoms with E-state index in [4.69, 9.17) is 71.1 Å². The molecule has 7 rings (SSSR count). The highest BCUT2D eigenvalue weighted by molar-refractivity contribution is 5.87. The van der Waals surface area contributed by atoms with Crippen molar-refractivity contribution in [2.24, 2.45) is 0 Å². The molecule has 20 N–H and O–H groups in total. The van der Waals surface area contributed by atoms with Gasteiger partial charge in [0.05, 0.1) is 62.5 Å². The largest absolute Gasteiger partial charge is 0.451 e. The molecule has 0 saturated carbocycles. The van der Waals surface area contributed by atoms with E-state index in [-0.39, 0.29) is 12.2 Å². The van der Waals surface area contributed by atoms with Crippen LogP contribution in [0.15, 0.2) is 95.7 Å². The molecule has 36 nitrogen and oxygen atoms in total. The molecule has 0 bridgehead atoms. The third kappa shape index (κ3) is 27.0.